The van der Waals surface area contributed by atoms with Crippen LogP contribution >= 0.6 is 11.3 Å². The number of aromatic nitrogens is 2. The van der Waals surface area contributed by atoms with E-state index >= 15 is 0 Å². The topological polar surface area (TPSA) is 90.3 Å². The standard InChI is InChI=1S/C16H12F3N3O4S2/c1-26-15(23)14-13(5-8-27-14)28(24,25)21-11-9-10(16(17,18)19)3-4-12(11)22-7-2-6-20-22/h2-9,21H,1H3. The highest BCUT2D eigenvalue weighted by Gasteiger charge is 2.32. The molecule has 0 aliphatic carbocycles. The molecule has 0 unspecified atom stereocenters. The van der Waals surface area contributed by atoms with E-state index in [1.54, 1.807) is 0 Å². The molecule has 3 rings (SSSR count). The Bertz CT molecular complexity index is 1110. The SMILES string of the molecule is COC(=O)c1sccc1S(=O)(=O)Nc1cc(C(F)(F)F)ccc1-n1cccn1. The van der Waals surface area contributed by atoms with Crippen molar-refractivity contribution in [2.24, 2.45) is 0 Å². The van der Waals surface area contributed by atoms with Crippen molar-refractivity contribution in [3.63, 3.8) is 0 Å². The van der Waals surface area contributed by atoms with E-state index in [0.29, 0.717) is 6.07 Å². The zero-order valence-corrected chi connectivity index (χ0v) is 15.7. The number of ether oxygens (including phenoxy) is 1. The number of halogens is 3. The van der Waals surface area contributed by atoms with Gasteiger partial charge in [-0.1, -0.05) is 0 Å². The van der Waals surface area contributed by atoms with Crippen molar-refractivity contribution in [2.75, 3.05) is 11.8 Å². The van der Waals surface area contributed by atoms with Crippen LogP contribution < -0.4 is 4.72 Å². The van der Waals surface area contributed by atoms with Crippen LogP contribution in [-0.2, 0) is 20.9 Å². The Kier molecular flexibility index (Phi) is 5.17. The van der Waals surface area contributed by atoms with Gasteiger partial charge >= 0.3 is 12.1 Å². The molecule has 0 saturated carbocycles. The molecule has 0 aliphatic heterocycles. The van der Waals surface area contributed by atoms with Gasteiger partial charge in [-0.3, -0.25) is 4.72 Å². The van der Waals surface area contributed by atoms with Crippen molar-refractivity contribution in [3.05, 3.63) is 58.5 Å². The van der Waals surface area contributed by atoms with Crippen molar-refractivity contribution >= 4 is 33.0 Å². The number of nitrogens with one attached hydrogen (secondary N) is 1. The van der Waals surface area contributed by atoms with Crippen molar-refractivity contribution in [1.29, 1.82) is 0 Å². The number of benzene rings is 1. The van der Waals surface area contributed by atoms with Crippen LogP contribution in [0.3, 0.4) is 0 Å². The minimum absolute atomic E-state index is 0.0800. The van der Waals surface area contributed by atoms with Gasteiger partial charge in [0.15, 0.2) is 0 Å². The third kappa shape index (κ3) is 3.87. The summed E-state index contributed by atoms with van der Waals surface area (Å²) in [6, 6.07) is 5.28. The van der Waals surface area contributed by atoms with Gasteiger partial charge in [-0.05, 0) is 35.7 Å². The van der Waals surface area contributed by atoms with Gasteiger partial charge in [0.2, 0.25) is 0 Å². The molecule has 0 spiro atoms. The Balaban J connectivity index is 2.10. The first-order chi connectivity index (χ1) is 13.1. The fourth-order valence-corrected chi connectivity index (χ4v) is 4.76. The number of anilines is 1. The van der Waals surface area contributed by atoms with Crippen molar-refractivity contribution in [2.45, 2.75) is 11.1 Å². The molecule has 1 N–H and O–H groups in total. The highest BCUT2D eigenvalue weighted by molar-refractivity contribution is 7.93. The lowest BCUT2D eigenvalue weighted by molar-refractivity contribution is -0.137. The van der Waals surface area contributed by atoms with Gasteiger partial charge in [0.1, 0.15) is 9.77 Å². The van der Waals surface area contributed by atoms with Crippen LogP contribution in [0.25, 0.3) is 5.69 Å². The second kappa shape index (κ2) is 7.28. The first kappa shape index (κ1) is 19.9. The summed E-state index contributed by atoms with van der Waals surface area (Å²) < 4.78 is 72.7. The van der Waals surface area contributed by atoms with Gasteiger partial charge in [-0.15, -0.1) is 11.3 Å². The summed E-state index contributed by atoms with van der Waals surface area (Å²) in [7, 11) is -3.29. The minimum Gasteiger partial charge on any atom is -0.465 e. The third-order valence-electron chi connectivity index (χ3n) is 3.61. The van der Waals surface area contributed by atoms with Crippen molar-refractivity contribution in [3.8, 4) is 5.69 Å². The summed E-state index contributed by atoms with van der Waals surface area (Å²) in [6.07, 6.45) is -1.84. The fraction of sp³-hybridized carbons (Fsp3) is 0.125. The number of hydrogen-bond acceptors (Lipinski definition) is 6. The van der Waals surface area contributed by atoms with Gasteiger partial charge < -0.3 is 4.74 Å². The second-order valence-electron chi connectivity index (χ2n) is 5.39. The highest BCUT2D eigenvalue weighted by atomic mass is 32.2. The summed E-state index contributed by atoms with van der Waals surface area (Å²) in [4.78, 5) is 11.2. The maximum absolute atomic E-state index is 13.1. The largest absolute Gasteiger partial charge is 0.465 e. The van der Waals surface area contributed by atoms with E-state index in [1.165, 1.54) is 34.6 Å². The summed E-state index contributed by atoms with van der Waals surface area (Å²) >= 11 is 0.838. The number of esters is 1. The Hall–Kier alpha value is -2.86. The molecule has 0 aliphatic rings. The van der Waals surface area contributed by atoms with Gasteiger partial charge in [-0.25, -0.2) is 17.9 Å². The van der Waals surface area contributed by atoms with Crippen LogP contribution in [0.4, 0.5) is 18.9 Å². The number of sulfonamides is 1. The first-order valence-electron chi connectivity index (χ1n) is 7.53. The number of nitrogens with zero attached hydrogens (tertiary/aromatic N) is 2. The zero-order valence-electron chi connectivity index (χ0n) is 14.1. The molecule has 3 aromatic rings. The van der Waals surface area contributed by atoms with E-state index < -0.39 is 32.6 Å². The summed E-state index contributed by atoms with van der Waals surface area (Å²) in [5.74, 6) is -0.869. The van der Waals surface area contributed by atoms with Crippen LogP contribution in [0.15, 0.2) is 53.0 Å². The molecule has 12 heteroatoms. The number of methoxy groups -OCH3 is 1. The van der Waals surface area contributed by atoms with Crippen LogP contribution in [0.5, 0.6) is 0 Å². The van der Waals surface area contributed by atoms with Gasteiger partial charge in [0, 0.05) is 12.4 Å². The number of carbonyl (C=O) groups is 1. The van der Waals surface area contributed by atoms with E-state index in [1.807, 2.05) is 0 Å². The predicted molar refractivity (Wildman–Crippen MR) is 95.0 cm³/mol. The monoisotopic (exact) mass is 431 g/mol. The summed E-state index contributed by atoms with van der Waals surface area (Å²) in [5, 5.41) is 5.28. The Morgan fingerprint density at radius 2 is 2.04 bits per heavy atom. The Morgan fingerprint density at radius 1 is 1.29 bits per heavy atom. The lowest BCUT2D eigenvalue weighted by atomic mass is 10.1. The molecule has 0 atom stereocenters. The molecule has 2 aromatic heterocycles. The molecule has 28 heavy (non-hydrogen) atoms. The molecule has 148 valence electrons. The number of thiophene rings is 1. The van der Waals surface area contributed by atoms with E-state index in [0.717, 1.165) is 30.6 Å². The van der Waals surface area contributed by atoms with Gasteiger partial charge in [0.05, 0.1) is 24.0 Å². The Labute approximate surface area is 161 Å². The second-order valence-corrected chi connectivity index (χ2v) is 7.96. The van der Waals surface area contributed by atoms with Gasteiger partial charge in [0.25, 0.3) is 10.0 Å². The van der Waals surface area contributed by atoms with E-state index in [9.17, 15) is 26.4 Å². The molecule has 0 amide bonds. The molecule has 7 nitrogen and oxygen atoms in total. The molecule has 0 saturated heterocycles. The fourth-order valence-electron chi connectivity index (χ4n) is 2.36. The molecular weight excluding hydrogens is 419 g/mol. The summed E-state index contributed by atoms with van der Waals surface area (Å²) in [5.41, 5.74) is -1.31. The molecular formula is C16H12F3N3O4S2. The highest BCUT2D eigenvalue weighted by Crippen LogP contribution is 2.34. The van der Waals surface area contributed by atoms with Crippen molar-refractivity contribution in [1.82, 2.24) is 9.78 Å². The normalized spacial score (nSPS) is 12.0. The molecule has 0 radical (unpaired) electrons. The number of hydrogen-bond donors (Lipinski definition) is 1. The molecule has 0 fully saturated rings. The van der Waals surface area contributed by atoms with Crippen molar-refractivity contribution < 1.29 is 31.1 Å². The third-order valence-corrected chi connectivity index (χ3v) is 6.04. The quantitative estimate of drug-likeness (QED) is 0.624. The lowest BCUT2D eigenvalue weighted by Crippen LogP contribution is -2.18. The Morgan fingerprint density at radius 3 is 2.64 bits per heavy atom. The van der Waals surface area contributed by atoms with Gasteiger partial charge in [-0.2, -0.15) is 18.3 Å². The first-order valence-corrected chi connectivity index (χ1v) is 9.89. The average molecular weight is 431 g/mol. The van der Waals surface area contributed by atoms with Crippen LogP contribution in [0, 0.1) is 0 Å². The number of alkyl halides is 3. The lowest BCUT2D eigenvalue weighted by Gasteiger charge is -2.15. The minimum atomic E-state index is -4.68. The molecule has 2 heterocycles. The molecule has 0 bridgehead atoms. The predicted octanol–water partition coefficient (Wildman–Crippen LogP) is 3.54. The maximum Gasteiger partial charge on any atom is 0.416 e. The smallest absolute Gasteiger partial charge is 0.416 e. The number of rotatable bonds is 5. The number of carbonyl (C=O) groups excluding carboxylic acids is 1. The van der Waals surface area contributed by atoms with Crippen LogP contribution in [0.2, 0.25) is 0 Å². The average Bonchev–Trinajstić information content (AvgIpc) is 3.31. The zero-order chi connectivity index (χ0) is 20.5. The van der Waals surface area contributed by atoms with Crippen LogP contribution in [0.1, 0.15) is 15.2 Å². The molecule has 1 aromatic carbocycles. The van der Waals surface area contributed by atoms with E-state index in [2.05, 4.69) is 14.6 Å². The van der Waals surface area contributed by atoms with E-state index in [4.69, 9.17) is 0 Å². The van der Waals surface area contributed by atoms with Crippen LogP contribution in [-0.4, -0.2) is 31.3 Å². The summed E-state index contributed by atoms with van der Waals surface area (Å²) in [6.45, 7) is 0. The van der Waals surface area contributed by atoms with E-state index in [-0.39, 0.29) is 16.3 Å². The maximum atomic E-state index is 13.1.